The van der Waals surface area contributed by atoms with Crippen molar-refractivity contribution in [3.63, 3.8) is 0 Å². The zero-order valence-corrected chi connectivity index (χ0v) is 25.0. The van der Waals surface area contributed by atoms with Gasteiger partial charge in [0.2, 0.25) is 5.91 Å². The monoisotopic (exact) mass is 540 g/mol. The lowest BCUT2D eigenvalue weighted by Gasteiger charge is -2.24. The first-order valence-corrected chi connectivity index (χ1v) is 16.7. The lowest BCUT2D eigenvalue weighted by molar-refractivity contribution is -0.118. The molecule has 2 amide bonds. The summed E-state index contributed by atoms with van der Waals surface area (Å²) in [4.78, 5) is 25.2. The van der Waals surface area contributed by atoms with Crippen LogP contribution < -0.4 is 10.6 Å². The first-order valence-electron chi connectivity index (χ1n) is 13.0. The van der Waals surface area contributed by atoms with E-state index in [9.17, 15) is 9.59 Å². The summed E-state index contributed by atoms with van der Waals surface area (Å²) in [5.41, 5.74) is 2.39. The maximum atomic E-state index is 12.7. The highest BCUT2D eigenvalue weighted by molar-refractivity contribution is 6.76. The molecule has 0 bridgehead atoms. The Morgan fingerprint density at radius 3 is 2.53 bits per heavy atom. The molecule has 1 aromatic carbocycles. The van der Waals surface area contributed by atoms with Crippen molar-refractivity contribution >= 4 is 25.8 Å². The number of nitrogens with zero attached hydrogens (tertiary/aromatic N) is 2. The smallest absolute Gasteiger partial charge is 0.408 e. The maximum Gasteiger partial charge on any atom is 0.408 e. The second-order valence-electron chi connectivity index (χ2n) is 11.6. The minimum atomic E-state index is -1.24. The number of amides is 2. The van der Waals surface area contributed by atoms with E-state index in [1.54, 1.807) is 30.0 Å². The Morgan fingerprint density at radius 1 is 1.21 bits per heavy atom. The van der Waals surface area contributed by atoms with E-state index in [1.807, 2.05) is 45.0 Å². The third kappa shape index (κ3) is 9.94. The van der Waals surface area contributed by atoms with Gasteiger partial charge in [0.15, 0.2) is 0 Å². The van der Waals surface area contributed by atoms with E-state index in [0.717, 1.165) is 22.9 Å². The Morgan fingerprint density at radius 2 is 1.92 bits per heavy atom. The van der Waals surface area contributed by atoms with Crippen molar-refractivity contribution in [2.75, 3.05) is 11.9 Å². The molecule has 0 aliphatic rings. The van der Waals surface area contributed by atoms with Gasteiger partial charge in [-0.25, -0.2) is 9.48 Å². The van der Waals surface area contributed by atoms with Crippen molar-refractivity contribution in [2.24, 2.45) is 5.92 Å². The van der Waals surface area contributed by atoms with Gasteiger partial charge < -0.3 is 20.1 Å². The van der Waals surface area contributed by atoms with Gasteiger partial charge in [0, 0.05) is 20.2 Å². The number of rotatable bonds is 13. The van der Waals surface area contributed by atoms with Crippen molar-refractivity contribution in [1.29, 1.82) is 0 Å². The molecule has 1 heterocycles. The number of aromatic nitrogens is 2. The number of carbonyl (C=O) groups excluding carboxylic acids is 2. The van der Waals surface area contributed by atoms with Crippen LogP contribution in [-0.2, 0) is 21.0 Å². The van der Waals surface area contributed by atoms with Crippen LogP contribution in [0.1, 0.15) is 45.7 Å². The highest BCUT2D eigenvalue weighted by atomic mass is 28.3. The van der Waals surface area contributed by atoms with E-state index < -0.39 is 19.8 Å². The summed E-state index contributed by atoms with van der Waals surface area (Å²) >= 11 is 0. The number of hydrogen-bond acceptors (Lipinski definition) is 5. The summed E-state index contributed by atoms with van der Waals surface area (Å²) in [6.07, 6.45) is 5.01. The fourth-order valence-corrected chi connectivity index (χ4v) is 4.32. The Kier molecular flexibility index (Phi) is 11.1. The quantitative estimate of drug-likeness (QED) is 0.166. The highest BCUT2D eigenvalue weighted by Gasteiger charge is 2.22. The molecule has 1 aromatic heterocycles. The van der Waals surface area contributed by atoms with Gasteiger partial charge in [-0.05, 0) is 44.9 Å². The van der Waals surface area contributed by atoms with Gasteiger partial charge in [0.25, 0.3) is 0 Å². The molecule has 8 nitrogen and oxygen atoms in total. The summed E-state index contributed by atoms with van der Waals surface area (Å²) in [6.45, 7) is 22.6. The molecule has 2 rings (SSSR count). The number of carbonyl (C=O) groups is 2. The molecule has 0 saturated carbocycles. The Balaban J connectivity index is 2.41. The van der Waals surface area contributed by atoms with E-state index >= 15 is 0 Å². The second kappa shape index (κ2) is 13.6. The molecule has 9 heteroatoms. The minimum absolute atomic E-state index is 0.173. The van der Waals surface area contributed by atoms with Crippen molar-refractivity contribution in [1.82, 2.24) is 15.1 Å². The zero-order valence-electron chi connectivity index (χ0n) is 24.0. The lowest BCUT2D eigenvalue weighted by atomic mass is 9.99. The molecular formula is C29H44N4O4Si. The molecular weight excluding hydrogens is 496 g/mol. The number of anilines is 1. The van der Waals surface area contributed by atoms with Gasteiger partial charge in [-0.3, -0.25) is 4.79 Å². The largest absolute Gasteiger partial charge is 0.444 e. The number of alkyl carbamates (subject to hydrolysis) is 1. The normalized spacial score (nSPS) is 13.3. The van der Waals surface area contributed by atoms with Crippen LogP contribution >= 0.6 is 0 Å². The van der Waals surface area contributed by atoms with Crippen LogP contribution in [0.15, 0.2) is 55.8 Å². The predicted octanol–water partition coefficient (Wildman–Crippen LogP) is 6.76. The van der Waals surface area contributed by atoms with Crippen LogP contribution in [0.4, 0.5) is 10.5 Å². The average molecular weight is 541 g/mol. The van der Waals surface area contributed by atoms with Crippen LogP contribution in [0.2, 0.25) is 25.7 Å². The highest BCUT2D eigenvalue weighted by Crippen LogP contribution is 2.31. The van der Waals surface area contributed by atoms with Crippen LogP contribution in [0.3, 0.4) is 0 Å². The first-order chi connectivity index (χ1) is 17.7. The molecule has 2 unspecified atom stereocenters. The van der Waals surface area contributed by atoms with Crippen molar-refractivity contribution in [3.05, 3.63) is 61.3 Å². The Labute approximate surface area is 228 Å². The van der Waals surface area contributed by atoms with Gasteiger partial charge in [0.05, 0.1) is 29.5 Å². The molecule has 0 spiro atoms. The molecule has 38 heavy (non-hydrogen) atoms. The van der Waals surface area contributed by atoms with E-state index in [-0.39, 0.29) is 24.6 Å². The molecule has 2 atom stereocenters. The van der Waals surface area contributed by atoms with E-state index in [4.69, 9.17) is 9.47 Å². The standard InChI is InChI=1S/C29H44N4O4Si/c1-10-13-24(32-28(35)37-29(4,5)6)22-14-12-15-23(18-22)26-25(31-27(34)21(3)11-2)19-30-33(26)20-36-16-17-38(7,8)9/h10-12,14-15,18-19,21,24H,1-2,13,16-17,20H2,3-9H3,(H,31,34)(H,32,35). The third-order valence-electron chi connectivity index (χ3n) is 5.73. The van der Waals surface area contributed by atoms with Crippen LogP contribution in [0.25, 0.3) is 11.3 Å². The van der Waals surface area contributed by atoms with Gasteiger partial charge >= 0.3 is 6.09 Å². The summed E-state index contributed by atoms with van der Waals surface area (Å²) in [5, 5.41) is 10.4. The van der Waals surface area contributed by atoms with Crippen LogP contribution in [0, 0.1) is 5.92 Å². The minimum Gasteiger partial charge on any atom is -0.444 e. The molecule has 208 valence electrons. The van der Waals surface area contributed by atoms with Gasteiger partial charge in [-0.2, -0.15) is 5.10 Å². The fourth-order valence-electron chi connectivity index (χ4n) is 3.56. The van der Waals surface area contributed by atoms with E-state index in [0.29, 0.717) is 18.7 Å². The van der Waals surface area contributed by atoms with Gasteiger partial charge in [-0.1, -0.05) is 56.9 Å². The summed E-state index contributed by atoms with van der Waals surface area (Å²) in [6, 6.07) is 8.49. The van der Waals surface area contributed by atoms with E-state index in [1.165, 1.54) is 0 Å². The van der Waals surface area contributed by atoms with Crippen LogP contribution in [0.5, 0.6) is 0 Å². The SMILES string of the molecule is C=CCC(NC(=O)OC(C)(C)C)c1cccc(-c2c(NC(=O)C(C)C=C)cnn2COCC[Si](C)(C)C)c1. The molecule has 0 saturated heterocycles. The zero-order chi connectivity index (χ0) is 28.5. The number of nitrogens with one attached hydrogen (secondary N) is 2. The fraction of sp³-hybridized carbons (Fsp3) is 0.483. The average Bonchev–Trinajstić information content (AvgIpc) is 3.21. The summed E-state index contributed by atoms with van der Waals surface area (Å²) in [5.74, 6) is -0.534. The number of hydrogen-bond donors (Lipinski definition) is 2. The third-order valence-corrected chi connectivity index (χ3v) is 7.43. The molecule has 0 radical (unpaired) electrons. The van der Waals surface area contributed by atoms with Gasteiger partial charge in [0.1, 0.15) is 12.3 Å². The van der Waals surface area contributed by atoms with Crippen molar-refractivity contribution in [2.45, 2.75) is 78.2 Å². The second-order valence-corrected chi connectivity index (χ2v) is 17.2. The summed E-state index contributed by atoms with van der Waals surface area (Å²) < 4.78 is 13.2. The summed E-state index contributed by atoms with van der Waals surface area (Å²) in [7, 11) is -1.24. The van der Waals surface area contributed by atoms with Crippen molar-refractivity contribution in [3.8, 4) is 11.3 Å². The van der Waals surface area contributed by atoms with Crippen LogP contribution in [-0.4, -0.2) is 42.1 Å². The van der Waals surface area contributed by atoms with Gasteiger partial charge in [-0.15, -0.1) is 13.2 Å². The molecule has 0 aliphatic heterocycles. The predicted molar refractivity (Wildman–Crippen MR) is 157 cm³/mol. The molecule has 2 aromatic rings. The lowest BCUT2D eigenvalue weighted by Crippen LogP contribution is -2.34. The van der Waals surface area contributed by atoms with Crippen molar-refractivity contribution < 1.29 is 19.1 Å². The Bertz CT molecular complexity index is 1110. The Hall–Kier alpha value is -3.17. The number of ether oxygens (including phenoxy) is 2. The molecule has 2 N–H and O–H groups in total. The topological polar surface area (TPSA) is 94.5 Å². The maximum absolute atomic E-state index is 12.7. The number of benzene rings is 1. The molecule has 0 aliphatic carbocycles. The van der Waals surface area contributed by atoms with E-state index in [2.05, 4.69) is 48.5 Å². The molecule has 0 fully saturated rings. The first kappa shape index (κ1) is 31.0.